The lowest BCUT2D eigenvalue weighted by atomic mass is 10.0. The highest BCUT2D eigenvalue weighted by Gasteiger charge is 2.10. The molecule has 0 spiro atoms. The number of benzene rings is 2. The van der Waals surface area contributed by atoms with Crippen LogP contribution in [0, 0.1) is 0 Å². The highest BCUT2D eigenvalue weighted by Crippen LogP contribution is 2.27. The summed E-state index contributed by atoms with van der Waals surface area (Å²) < 4.78 is 5.03. The standard InChI is InChI=1S/C21H25N3O4/c22-21(27)23-14-8-2-5-13-20(26)28-15-19(25)24-18-12-7-6-11-17(18)16-9-3-1-4-10-16/h1,3-4,6-7,9-12H,2,5,8,13-15H2,(H,24,25)(H3,22,23,27). The first-order valence-electron chi connectivity index (χ1n) is 9.19. The number of ether oxygens (including phenoxy) is 1. The maximum atomic E-state index is 12.1. The van der Waals surface area contributed by atoms with Crippen molar-refractivity contribution in [3.8, 4) is 11.1 Å². The van der Waals surface area contributed by atoms with E-state index in [9.17, 15) is 14.4 Å². The van der Waals surface area contributed by atoms with Crippen molar-refractivity contribution in [2.45, 2.75) is 25.7 Å². The minimum absolute atomic E-state index is 0.227. The number of rotatable bonds is 10. The summed E-state index contributed by atoms with van der Waals surface area (Å²) in [6.07, 6.45) is 2.33. The van der Waals surface area contributed by atoms with E-state index in [4.69, 9.17) is 10.5 Å². The van der Waals surface area contributed by atoms with Crippen LogP contribution in [0.3, 0.4) is 0 Å². The number of carbonyl (C=O) groups is 3. The molecular formula is C21H25N3O4. The van der Waals surface area contributed by atoms with Crippen LogP contribution >= 0.6 is 0 Å². The van der Waals surface area contributed by atoms with Crippen LogP contribution in [0.5, 0.6) is 0 Å². The SMILES string of the molecule is NC(=O)NCCCCCC(=O)OCC(=O)Nc1ccccc1-c1ccccc1. The van der Waals surface area contributed by atoms with Crippen molar-refractivity contribution in [1.82, 2.24) is 5.32 Å². The van der Waals surface area contributed by atoms with E-state index in [1.54, 1.807) is 0 Å². The molecule has 148 valence electrons. The van der Waals surface area contributed by atoms with Crippen molar-refractivity contribution in [1.29, 1.82) is 0 Å². The molecule has 0 bridgehead atoms. The van der Waals surface area contributed by atoms with Gasteiger partial charge in [0.1, 0.15) is 0 Å². The van der Waals surface area contributed by atoms with Gasteiger partial charge in [-0.3, -0.25) is 9.59 Å². The second kappa shape index (κ2) is 11.4. The fourth-order valence-electron chi connectivity index (χ4n) is 2.65. The summed E-state index contributed by atoms with van der Waals surface area (Å²) in [6.45, 7) is 0.152. The molecule has 0 radical (unpaired) electrons. The molecule has 0 unspecified atom stereocenters. The number of nitrogens with one attached hydrogen (secondary N) is 2. The van der Waals surface area contributed by atoms with Crippen LogP contribution in [0.2, 0.25) is 0 Å². The summed E-state index contributed by atoms with van der Waals surface area (Å²) in [4.78, 5) is 34.4. The molecule has 3 amide bonds. The van der Waals surface area contributed by atoms with Crippen molar-refractivity contribution in [2.75, 3.05) is 18.5 Å². The monoisotopic (exact) mass is 383 g/mol. The van der Waals surface area contributed by atoms with Crippen LogP contribution in [0.4, 0.5) is 10.5 Å². The number of para-hydroxylation sites is 1. The molecule has 0 heterocycles. The van der Waals surface area contributed by atoms with Gasteiger partial charge in [-0.05, 0) is 24.5 Å². The molecule has 0 saturated heterocycles. The van der Waals surface area contributed by atoms with Gasteiger partial charge in [-0.25, -0.2) is 4.79 Å². The molecule has 0 aliphatic heterocycles. The number of carbonyl (C=O) groups excluding carboxylic acids is 3. The molecule has 7 nitrogen and oxygen atoms in total. The normalized spacial score (nSPS) is 10.1. The zero-order valence-corrected chi connectivity index (χ0v) is 15.6. The molecule has 4 N–H and O–H groups in total. The molecule has 2 rings (SSSR count). The third kappa shape index (κ3) is 7.49. The van der Waals surface area contributed by atoms with E-state index in [2.05, 4.69) is 10.6 Å². The lowest BCUT2D eigenvalue weighted by molar-refractivity contribution is -0.147. The van der Waals surface area contributed by atoms with Crippen LogP contribution in [0.1, 0.15) is 25.7 Å². The number of urea groups is 1. The smallest absolute Gasteiger partial charge is 0.312 e. The molecule has 0 aliphatic carbocycles. The predicted octanol–water partition coefficient (Wildman–Crippen LogP) is 3.06. The summed E-state index contributed by atoms with van der Waals surface area (Å²) in [7, 11) is 0. The van der Waals surface area contributed by atoms with E-state index in [1.807, 2.05) is 54.6 Å². The molecule has 0 aromatic heterocycles. The van der Waals surface area contributed by atoms with Crippen LogP contribution < -0.4 is 16.4 Å². The Hall–Kier alpha value is -3.35. The van der Waals surface area contributed by atoms with Crippen LogP contribution in [0.15, 0.2) is 54.6 Å². The molecule has 0 fully saturated rings. The number of hydrogen-bond acceptors (Lipinski definition) is 4. The highest BCUT2D eigenvalue weighted by atomic mass is 16.5. The molecule has 2 aromatic rings. The average Bonchev–Trinajstić information content (AvgIpc) is 2.70. The van der Waals surface area contributed by atoms with E-state index in [0.717, 1.165) is 24.0 Å². The number of primary amides is 1. The molecule has 28 heavy (non-hydrogen) atoms. The Labute approximate surface area is 164 Å². The largest absolute Gasteiger partial charge is 0.456 e. The molecule has 0 aliphatic rings. The van der Waals surface area contributed by atoms with E-state index >= 15 is 0 Å². The Kier molecular flexibility index (Phi) is 8.52. The average molecular weight is 383 g/mol. The lowest BCUT2D eigenvalue weighted by Crippen LogP contribution is -2.29. The third-order valence-electron chi connectivity index (χ3n) is 4.01. The minimum Gasteiger partial charge on any atom is -0.456 e. The summed E-state index contributed by atoms with van der Waals surface area (Å²) in [5.41, 5.74) is 7.51. The Morgan fingerprint density at radius 2 is 1.61 bits per heavy atom. The number of anilines is 1. The second-order valence-corrected chi connectivity index (χ2v) is 6.22. The Bertz CT molecular complexity index is 793. The maximum Gasteiger partial charge on any atom is 0.312 e. The number of amides is 3. The van der Waals surface area contributed by atoms with Gasteiger partial charge in [-0.1, -0.05) is 55.0 Å². The topological polar surface area (TPSA) is 111 Å². The van der Waals surface area contributed by atoms with Gasteiger partial charge in [0, 0.05) is 24.2 Å². The van der Waals surface area contributed by atoms with Gasteiger partial charge >= 0.3 is 12.0 Å². The first-order chi connectivity index (χ1) is 13.6. The fraction of sp³-hybridized carbons (Fsp3) is 0.286. The van der Waals surface area contributed by atoms with E-state index < -0.39 is 12.0 Å². The zero-order chi connectivity index (χ0) is 20.2. The first-order valence-corrected chi connectivity index (χ1v) is 9.19. The fourth-order valence-corrected chi connectivity index (χ4v) is 2.65. The van der Waals surface area contributed by atoms with Crippen molar-refractivity contribution < 1.29 is 19.1 Å². The van der Waals surface area contributed by atoms with Crippen molar-refractivity contribution >= 4 is 23.6 Å². The molecule has 0 atom stereocenters. The van der Waals surface area contributed by atoms with Crippen molar-refractivity contribution in [3.05, 3.63) is 54.6 Å². The Morgan fingerprint density at radius 1 is 0.893 bits per heavy atom. The molecule has 0 saturated carbocycles. The van der Waals surface area contributed by atoms with E-state index in [1.165, 1.54) is 0 Å². The van der Waals surface area contributed by atoms with Crippen LogP contribution in [-0.2, 0) is 14.3 Å². The molecule has 2 aromatic carbocycles. The van der Waals surface area contributed by atoms with E-state index in [0.29, 0.717) is 18.7 Å². The lowest BCUT2D eigenvalue weighted by Gasteiger charge is -2.11. The minimum atomic E-state index is -0.556. The van der Waals surface area contributed by atoms with Gasteiger partial charge in [-0.2, -0.15) is 0 Å². The quantitative estimate of drug-likeness (QED) is 0.432. The van der Waals surface area contributed by atoms with Gasteiger partial charge in [0.25, 0.3) is 5.91 Å². The Morgan fingerprint density at radius 3 is 2.36 bits per heavy atom. The van der Waals surface area contributed by atoms with Gasteiger partial charge in [0.2, 0.25) is 0 Å². The number of unbranched alkanes of at least 4 members (excludes halogenated alkanes) is 2. The molecular weight excluding hydrogens is 358 g/mol. The van der Waals surface area contributed by atoms with E-state index in [-0.39, 0.29) is 18.9 Å². The predicted molar refractivity (Wildman–Crippen MR) is 108 cm³/mol. The number of hydrogen-bond donors (Lipinski definition) is 3. The van der Waals surface area contributed by atoms with Gasteiger partial charge in [0.15, 0.2) is 6.61 Å². The van der Waals surface area contributed by atoms with Gasteiger partial charge in [-0.15, -0.1) is 0 Å². The first kappa shape index (κ1) is 21.0. The van der Waals surface area contributed by atoms with Crippen LogP contribution in [0.25, 0.3) is 11.1 Å². The summed E-state index contributed by atoms with van der Waals surface area (Å²) in [6, 6.07) is 16.6. The zero-order valence-electron chi connectivity index (χ0n) is 15.6. The number of nitrogens with two attached hydrogens (primary N) is 1. The van der Waals surface area contributed by atoms with Crippen LogP contribution in [-0.4, -0.2) is 31.1 Å². The molecule has 7 heteroatoms. The summed E-state index contributed by atoms with van der Waals surface area (Å²) in [5, 5.41) is 5.27. The summed E-state index contributed by atoms with van der Waals surface area (Å²) >= 11 is 0. The highest BCUT2D eigenvalue weighted by molar-refractivity contribution is 5.96. The second-order valence-electron chi connectivity index (χ2n) is 6.22. The van der Waals surface area contributed by atoms with Crippen molar-refractivity contribution in [2.24, 2.45) is 5.73 Å². The van der Waals surface area contributed by atoms with Gasteiger partial charge in [0.05, 0.1) is 0 Å². The number of esters is 1. The Balaban J connectivity index is 1.73. The third-order valence-corrected chi connectivity index (χ3v) is 4.01. The summed E-state index contributed by atoms with van der Waals surface area (Å²) in [5.74, 6) is -0.809. The van der Waals surface area contributed by atoms with Crippen molar-refractivity contribution in [3.63, 3.8) is 0 Å². The van der Waals surface area contributed by atoms with Gasteiger partial charge < -0.3 is 21.1 Å². The maximum absolute atomic E-state index is 12.1.